The number of nitrogens with zero attached hydrogens (tertiary/aromatic N) is 3. The maximum Gasteiger partial charge on any atom is 0.343 e. The molecule has 1 N–H and O–H groups in total. The van der Waals surface area contributed by atoms with Crippen molar-refractivity contribution in [3.8, 4) is 0 Å². The van der Waals surface area contributed by atoms with Crippen molar-refractivity contribution in [1.29, 1.82) is 0 Å². The number of carbonyl (C=O) groups excluding carboxylic acids is 1. The van der Waals surface area contributed by atoms with Crippen LogP contribution < -0.4 is 5.69 Å². The number of thioether (sulfide) groups is 1. The smallest absolute Gasteiger partial charge is 0.342 e. The third-order valence-electron chi connectivity index (χ3n) is 3.39. The molecule has 0 radical (unpaired) electrons. The van der Waals surface area contributed by atoms with Crippen molar-refractivity contribution >= 4 is 17.7 Å². The van der Waals surface area contributed by atoms with Crippen LogP contribution in [0.5, 0.6) is 0 Å². The Labute approximate surface area is 122 Å². The summed E-state index contributed by atoms with van der Waals surface area (Å²) in [6.45, 7) is 6.24. The van der Waals surface area contributed by atoms with E-state index in [0.29, 0.717) is 23.4 Å². The molecule has 1 aliphatic carbocycles. The summed E-state index contributed by atoms with van der Waals surface area (Å²) >= 11 is 1.33. The highest BCUT2D eigenvalue weighted by molar-refractivity contribution is 7.99. The van der Waals surface area contributed by atoms with E-state index in [2.05, 4.69) is 17.1 Å². The van der Waals surface area contributed by atoms with Crippen molar-refractivity contribution in [2.45, 2.75) is 44.8 Å². The van der Waals surface area contributed by atoms with Gasteiger partial charge >= 0.3 is 5.69 Å². The van der Waals surface area contributed by atoms with Crippen LogP contribution >= 0.6 is 11.8 Å². The zero-order chi connectivity index (χ0) is 14.5. The highest BCUT2D eigenvalue weighted by Gasteiger charge is 2.26. The van der Waals surface area contributed by atoms with Gasteiger partial charge in [-0.3, -0.25) is 9.36 Å². The number of aromatic nitrogens is 3. The van der Waals surface area contributed by atoms with Gasteiger partial charge in [-0.25, -0.2) is 9.89 Å². The number of hydrogen-bond acceptors (Lipinski definition) is 4. The zero-order valence-electron chi connectivity index (χ0n) is 12.1. The molecular weight excluding hydrogens is 276 g/mol. The van der Waals surface area contributed by atoms with E-state index in [9.17, 15) is 9.59 Å². The molecule has 0 atom stereocenters. The maximum absolute atomic E-state index is 12.3. The fourth-order valence-corrected chi connectivity index (χ4v) is 3.02. The average molecular weight is 298 g/mol. The normalized spacial score (nSPS) is 14.5. The van der Waals surface area contributed by atoms with Crippen molar-refractivity contribution in [3.63, 3.8) is 0 Å². The fraction of sp³-hybridized carbons (Fsp3) is 0.769. The number of amides is 1. The monoisotopic (exact) mass is 298 g/mol. The van der Waals surface area contributed by atoms with Crippen molar-refractivity contribution in [1.82, 2.24) is 19.7 Å². The van der Waals surface area contributed by atoms with E-state index < -0.39 is 0 Å². The summed E-state index contributed by atoms with van der Waals surface area (Å²) in [6, 6.07) is 0. The Hall–Kier alpha value is -1.24. The third-order valence-corrected chi connectivity index (χ3v) is 4.35. The van der Waals surface area contributed by atoms with Gasteiger partial charge in [0.1, 0.15) is 0 Å². The molecule has 1 fully saturated rings. The van der Waals surface area contributed by atoms with E-state index in [-0.39, 0.29) is 11.6 Å². The highest BCUT2D eigenvalue weighted by atomic mass is 32.2. The lowest BCUT2D eigenvalue weighted by molar-refractivity contribution is -0.128. The van der Waals surface area contributed by atoms with E-state index in [1.165, 1.54) is 24.6 Å². The van der Waals surface area contributed by atoms with Crippen LogP contribution in [-0.4, -0.2) is 44.4 Å². The lowest BCUT2D eigenvalue weighted by Gasteiger charge is -2.21. The summed E-state index contributed by atoms with van der Waals surface area (Å²) in [7, 11) is 0. The largest absolute Gasteiger partial charge is 0.343 e. The Morgan fingerprint density at radius 2 is 2.25 bits per heavy atom. The number of carbonyl (C=O) groups is 1. The van der Waals surface area contributed by atoms with Gasteiger partial charge in [-0.2, -0.15) is 0 Å². The van der Waals surface area contributed by atoms with E-state index in [4.69, 9.17) is 0 Å². The molecule has 2 rings (SSSR count). The Morgan fingerprint density at radius 3 is 2.85 bits per heavy atom. The Kier molecular flexibility index (Phi) is 5.28. The number of H-pyrrole nitrogens is 1. The predicted molar refractivity (Wildman–Crippen MR) is 78.8 cm³/mol. The molecule has 0 saturated heterocycles. The second-order valence-electron chi connectivity index (χ2n) is 5.13. The fourth-order valence-electron chi connectivity index (χ4n) is 2.11. The summed E-state index contributed by atoms with van der Waals surface area (Å²) in [4.78, 5) is 25.6. The maximum atomic E-state index is 12.3. The van der Waals surface area contributed by atoms with Crippen LogP contribution in [0.25, 0.3) is 0 Å². The first-order valence-electron chi connectivity index (χ1n) is 7.21. The topological polar surface area (TPSA) is 71.0 Å². The van der Waals surface area contributed by atoms with Gasteiger partial charge in [0.05, 0.1) is 5.75 Å². The second-order valence-corrected chi connectivity index (χ2v) is 6.07. The molecule has 0 unspecified atom stereocenters. The van der Waals surface area contributed by atoms with Crippen LogP contribution in [0.3, 0.4) is 0 Å². The molecule has 1 amide bonds. The minimum absolute atomic E-state index is 0.141. The zero-order valence-corrected chi connectivity index (χ0v) is 12.9. The van der Waals surface area contributed by atoms with Gasteiger partial charge < -0.3 is 4.90 Å². The van der Waals surface area contributed by atoms with Gasteiger partial charge in [-0.05, 0) is 32.1 Å². The first kappa shape index (κ1) is 15.2. The van der Waals surface area contributed by atoms with Crippen LogP contribution in [0, 0.1) is 5.92 Å². The number of rotatable bonds is 8. The van der Waals surface area contributed by atoms with Gasteiger partial charge in [0.25, 0.3) is 0 Å². The number of hydrogen-bond donors (Lipinski definition) is 1. The second kappa shape index (κ2) is 6.97. The minimum Gasteiger partial charge on any atom is -0.342 e. The van der Waals surface area contributed by atoms with Crippen molar-refractivity contribution in [3.05, 3.63) is 10.5 Å². The molecule has 20 heavy (non-hydrogen) atoms. The van der Waals surface area contributed by atoms with Crippen molar-refractivity contribution in [2.75, 3.05) is 18.8 Å². The van der Waals surface area contributed by atoms with E-state index in [1.807, 2.05) is 11.8 Å². The van der Waals surface area contributed by atoms with Crippen LogP contribution in [0.2, 0.25) is 0 Å². The number of aromatic amines is 1. The van der Waals surface area contributed by atoms with E-state index >= 15 is 0 Å². The predicted octanol–water partition coefficient (Wildman–Crippen LogP) is 1.33. The molecule has 0 aromatic carbocycles. The highest BCUT2D eigenvalue weighted by Crippen LogP contribution is 2.30. The average Bonchev–Trinajstić information content (AvgIpc) is 3.18. The molecular formula is C13H22N4O2S. The van der Waals surface area contributed by atoms with Crippen LogP contribution in [-0.2, 0) is 11.3 Å². The SMILES string of the molecule is CCCN(CC1CC1)C(=O)CSc1n[nH]c(=O)n1CC. The quantitative estimate of drug-likeness (QED) is 0.735. The van der Waals surface area contributed by atoms with Gasteiger partial charge in [0.2, 0.25) is 5.91 Å². The van der Waals surface area contributed by atoms with Gasteiger partial charge in [-0.1, -0.05) is 18.7 Å². The van der Waals surface area contributed by atoms with Crippen LogP contribution in [0.15, 0.2) is 9.95 Å². The molecule has 1 aromatic rings. The van der Waals surface area contributed by atoms with Crippen molar-refractivity contribution in [2.24, 2.45) is 5.92 Å². The first-order chi connectivity index (χ1) is 9.65. The summed E-state index contributed by atoms with van der Waals surface area (Å²) in [5.41, 5.74) is -0.217. The standard InChI is InChI=1S/C13H22N4O2S/c1-3-7-16(8-10-5-6-10)11(18)9-20-13-15-14-12(19)17(13)4-2/h10H,3-9H2,1-2H3,(H,14,19). The Balaban J connectivity index is 1.90. The van der Waals surface area contributed by atoms with E-state index in [1.54, 1.807) is 4.57 Å². The first-order valence-corrected chi connectivity index (χ1v) is 8.20. The van der Waals surface area contributed by atoms with Gasteiger partial charge in [-0.15, -0.1) is 5.10 Å². The van der Waals surface area contributed by atoms with Crippen LogP contribution in [0.4, 0.5) is 0 Å². The summed E-state index contributed by atoms with van der Waals surface area (Å²) in [5.74, 6) is 1.19. The van der Waals surface area contributed by atoms with Crippen LogP contribution in [0.1, 0.15) is 33.1 Å². The van der Waals surface area contributed by atoms with Gasteiger partial charge in [0.15, 0.2) is 5.16 Å². The molecule has 7 heteroatoms. The molecule has 1 heterocycles. The molecule has 0 aliphatic heterocycles. The molecule has 1 aliphatic rings. The summed E-state index contributed by atoms with van der Waals surface area (Å²) < 4.78 is 1.54. The summed E-state index contributed by atoms with van der Waals surface area (Å²) in [6.07, 6.45) is 3.47. The molecule has 0 spiro atoms. The lowest BCUT2D eigenvalue weighted by atomic mass is 10.3. The van der Waals surface area contributed by atoms with Crippen molar-refractivity contribution < 1.29 is 4.79 Å². The number of nitrogens with one attached hydrogen (secondary N) is 1. The Bertz CT molecular complexity index is 507. The molecule has 1 saturated carbocycles. The molecule has 6 nitrogen and oxygen atoms in total. The van der Waals surface area contributed by atoms with Gasteiger partial charge in [0, 0.05) is 19.6 Å². The molecule has 0 bridgehead atoms. The lowest BCUT2D eigenvalue weighted by Crippen LogP contribution is -2.35. The Morgan fingerprint density at radius 1 is 1.50 bits per heavy atom. The summed E-state index contributed by atoms with van der Waals surface area (Å²) in [5, 5.41) is 6.97. The van der Waals surface area contributed by atoms with E-state index in [0.717, 1.165) is 19.5 Å². The molecule has 1 aromatic heterocycles. The minimum atomic E-state index is -0.217. The molecule has 112 valence electrons. The third kappa shape index (κ3) is 3.88.